The SMILES string of the molecule is CCCCCCCCN(C(=O)CCCn1c(C)cc(=O)cc1C)C(C)c1ccc(Br)cc1. The lowest BCUT2D eigenvalue weighted by atomic mass is 10.0. The Morgan fingerprint density at radius 1 is 0.969 bits per heavy atom. The zero-order valence-electron chi connectivity index (χ0n) is 20.2. The molecule has 1 atom stereocenters. The van der Waals surface area contributed by atoms with Gasteiger partial charge in [0.05, 0.1) is 6.04 Å². The lowest BCUT2D eigenvalue weighted by molar-refractivity contribution is -0.133. The highest BCUT2D eigenvalue weighted by Crippen LogP contribution is 2.24. The third-order valence-corrected chi connectivity index (χ3v) is 6.75. The molecule has 1 aromatic heterocycles. The lowest BCUT2D eigenvalue weighted by Crippen LogP contribution is -2.34. The average Bonchev–Trinajstić information content (AvgIpc) is 2.75. The van der Waals surface area contributed by atoms with E-state index >= 15 is 0 Å². The summed E-state index contributed by atoms with van der Waals surface area (Å²) in [5, 5.41) is 0. The Labute approximate surface area is 202 Å². The number of carbonyl (C=O) groups excluding carboxylic acids is 1. The zero-order valence-corrected chi connectivity index (χ0v) is 21.8. The van der Waals surface area contributed by atoms with Crippen molar-refractivity contribution in [1.82, 2.24) is 9.47 Å². The van der Waals surface area contributed by atoms with Crippen molar-refractivity contribution in [2.75, 3.05) is 6.54 Å². The predicted octanol–water partition coefficient (Wildman–Crippen LogP) is 6.96. The van der Waals surface area contributed by atoms with Crippen LogP contribution in [0, 0.1) is 13.8 Å². The van der Waals surface area contributed by atoms with Gasteiger partial charge in [-0.05, 0) is 51.3 Å². The maximum atomic E-state index is 13.3. The lowest BCUT2D eigenvalue weighted by Gasteiger charge is -2.30. The quantitative estimate of drug-likeness (QED) is 0.278. The van der Waals surface area contributed by atoms with Crippen LogP contribution in [0.1, 0.15) is 88.2 Å². The molecule has 1 heterocycles. The summed E-state index contributed by atoms with van der Waals surface area (Å²) in [5.74, 6) is 0.213. The molecule has 0 aliphatic carbocycles. The normalized spacial score (nSPS) is 12.0. The molecule has 0 radical (unpaired) electrons. The number of hydrogen-bond acceptors (Lipinski definition) is 2. The van der Waals surface area contributed by atoms with Crippen molar-refractivity contribution >= 4 is 21.8 Å². The van der Waals surface area contributed by atoms with Crippen molar-refractivity contribution < 1.29 is 4.79 Å². The first-order valence-electron chi connectivity index (χ1n) is 12.1. The number of hydrogen-bond donors (Lipinski definition) is 0. The molecule has 5 heteroatoms. The van der Waals surface area contributed by atoms with Crippen molar-refractivity contribution in [1.29, 1.82) is 0 Å². The number of pyridine rings is 1. The minimum absolute atomic E-state index is 0.0424. The molecule has 32 heavy (non-hydrogen) atoms. The van der Waals surface area contributed by atoms with Gasteiger partial charge in [-0.15, -0.1) is 0 Å². The number of nitrogens with zero attached hydrogens (tertiary/aromatic N) is 2. The Balaban J connectivity index is 2.00. The van der Waals surface area contributed by atoms with E-state index in [0.29, 0.717) is 6.42 Å². The third-order valence-electron chi connectivity index (χ3n) is 6.22. The fourth-order valence-electron chi connectivity index (χ4n) is 4.29. The number of aromatic nitrogens is 1. The van der Waals surface area contributed by atoms with Gasteiger partial charge >= 0.3 is 0 Å². The Morgan fingerprint density at radius 2 is 1.56 bits per heavy atom. The average molecular weight is 504 g/mol. The fraction of sp³-hybridized carbons (Fsp3) is 0.556. The molecule has 1 amide bonds. The summed E-state index contributed by atoms with van der Waals surface area (Å²) in [5.41, 5.74) is 3.12. The molecule has 1 unspecified atom stereocenters. The number of unbranched alkanes of at least 4 members (excludes halogenated alkanes) is 5. The van der Waals surface area contributed by atoms with E-state index in [4.69, 9.17) is 0 Å². The van der Waals surface area contributed by atoms with E-state index in [1.807, 2.05) is 26.0 Å². The number of halogens is 1. The van der Waals surface area contributed by atoms with Crippen LogP contribution in [0.15, 0.2) is 45.7 Å². The number of carbonyl (C=O) groups is 1. The standard InChI is InChI=1S/C27H39BrN2O2/c1-5-6-7-8-9-10-17-30(23(4)24-13-15-25(28)16-14-24)27(32)12-11-18-29-21(2)19-26(31)20-22(29)3/h13-16,19-20,23H,5-12,17-18H2,1-4H3. The van der Waals surface area contributed by atoms with Crippen LogP contribution in [0.4, 0.5) is 0 Å². The molecule has 2 aromatic rings. The van der Waals surface area contributed by atoms with Crippen LogP contribution in [0.5, 0.6) is 0 Å². The zero-order chi connectivity index (χ0) is 23.5. The van der Waals surface area contributed by atoms with Crippen molar-refractivity contribution in [2.45, 2.75) is 91.6 Å². The highest BCUT2D eigenvalue weighted by atomic mass is 79.9. The van der Waals surface area contributed by atoms with Crippen molar-refractivity contribution in [3.05, 3.63) is 68.0 Å². The van der Waals surface area contributed by atoms with Gasteiger partial charge < -0.3 is 9.47 Å². The van der Waals surface area contributed by atoms with Gasteiger partial charge in [-0.2, -0.15) is 0 Å². The molecule has 0 N–H and O–H groups in total. The summed E-state index contributed by atoms with van der Waals surface area (Å²) in [4.78, 5) is 27.0. The molecule has 4 nitrogen and oxygen atoms in total. The Kier molecular flexibility index (Phi) is 11.2. The van der Waals surface area contributed by atoms with Crippen molar-refractivity contribution in [3.63, 3.8) is 0 Å². The monoisotopic (exact) mass is 502 g/mol. The van der Waals surface area contributed by atoms with E-state index in [1.165, 1.54) is 37.7 Å². The number of benzene rings is 1. The molecular formula is C27H39BrN2O2. The second kappa shape index (κ2) is 13.6. The first-order valence-corrected chi connectivity index (χ1v) is 12.9. The predicted molar refractivity (Wildman–Crippen MR) is 137 cm³/mol. The smallest absolute Gasteiger partial charge is 0.223 e. The van der Waals surface area contributed by atoms with E-state index in [9.17, 15) is 9.59 Å². The van der Waals surface area contributed by atoms with E-state index < -0.39 is 0 Å². The number of aryl methyl sites for hydroxylation is 2. The van der Waals surface area contributed by atoms with Crippen molar-refractivity contribution in [2.24, 2.45) is 0 Å². The van der Waals surface area contributed by atoms with Gasteiger partial charge in [-0.1, -0.05) is 67.1 Å². The molecule has 0 aliphatic rings. The first-order chi connectivity index (χ1) is 15.3. The summed E-state index contributed by atoms with van der Waals surface area (Å²) < 4.78 is 3.18. The van der Waals surface area contributed by atoms with Gasteiger partial charge in [0.25, 0.3) is 0 Å². The van der Waals surface area contributed by atoms with Crippen LogP contribution in [-0.2, 0) is 11.3 Å². The van der Waals surface area contributed by atoms with Gasteiger partial charge in [0.15, 0.2) is 5.43 Å². The molecule has 0 aliphatic heterocycles. The van der Waals surface area contributed by atoms with Crippen molar-refractivity contribution in [3.8, 4) is 0 Å². The van der Waals surface area contributed by atoms with Gasteiger partial charge in [0.2, 0.25) is 5.91 Å². The molecule has 0 saturated carbocycles. The second-order valence-electron chi connectivity index (χ2n) is 8.81. The Bertz CT molecular complexity index is 879. The second-order valence-corrected chi connectivity index (χ2v) is 9.73. The molecule has 2 rings (SSSR count). The van der Waals surface area contributed by atoms with Crippen LogP contribution in [-0.4, -0.2) is 21.9 Å². The third kappa shape index (κ3) is 8.23. The summed E-state index contributed by atoms with van der Waals surface area (Å²) in [6.07, 6.45) is 8.58. The van der Waals surface area contributed by atoms with Gasteiger partial charge in [-0.3, -0.25) is 9.59 Å². The van der Waals surface area contributed by atoms with Crippen LogP contribution in [0.2, 0.25) is 0 Å². The first kappa shape index (κ1) is 26.4. The maximum absolute atomic E-state index is 13.3. The molecular weight excluding hydrogens is 464 g/mol. The van der Waals surface area contributed by atoms with E-state index in [0.717, 1.165) is 41.8 Å². The van der Waals surface area contributed by atoms with Gasteiger partial charge in [-0.25, -0.2) is 0 Å². The molecule has 0 fully saturated rings. The van der Waals surface area contributed by atoms with Crippen LogP contribution >= 0.6 is 15.9 Å². The van der Waals surface area contributed by atoms with Crippen LogP contribution in [0.25, 0.3) is 0 Å². The summed E-state index contributed by atoms with van der Waals surface area (Å²) in [6, 6.07) is 11.7. The molecule has 0 spiro atoms. The number of rotatable bonds is 13. The molecule has 176 valence electrons. The topological polar surface area (TPSA) is 42.3 Å². The largest absolute Gasteiger partial charge is 0.349 e. The summed E-state index contributed by atoms with van der Waals surface area (Å²) >= 11 is 3.50. The highest BCUT2D eigenvalue weighted by molar-refractivity contribution is 9.10. The van der Waals surface area contributed by atoms with E-state index in [-0.39, 0.29) is 17.4 Å². The summed E-state index contributed by atoms with van der Waals surface area (Å²) in [7, 11) is 0. The fourth-order valence-corrected chi connectivity index (χ4v) is 4.55. The van der Waals surface area contributed by atoms with E-state index in [1.54, 1.807) is 12.1 Å². The Hall–Kier alpha value is -1.88. The van der Waals surface area contributed by atoms with E-state index in [2.05, 4.69) is 51.4 Å². The molecule has 0 saturated heterocycles. The van der Waals surface area contributed by atoms with Crippen LogP contribution in [0.3, 0.4) is 0 Å². The van der Waals surface area contributed by atoms with Gasteiger partial charge in [0, 0.05) is 47.5 Å². The van der Waals surface area contributed by atoms with Gasteiger partial charge in [0.1, 0.15) is 0 Å². The molecule has 0 bridgehead atoms. The highest BCUT2D eigenvalue weighted by Gasteiger charge is 2.21. The Morgan fingerprint density at radius 3 is 2.19 bits per heavy atom. The minimum atomic E-state index is 0.0424. The number of amides is 1. The maximum Gasteiger partial charge on any atom is 0.223 e. The van der Waals surface area contributed by atoms with Crippen LogP contribution < -0.4 is 5.43 Å². The minimum Gasteiger partial charge on any atom is -0.349 e. The summed E-state index contributed by atoms with van der Waals surface area (Å²) in [6.45, 7) is 9.83. The molecule has 1 aromatic carbocycles.